The summed E-state index contributed by atoms with van der Waals surface area (Å²) in [5.74, 6) is -7.84. The molecule has 1 amide bonds. The summed E-state index contributed by atoms with van der Waals surface area (Å²) in [6, 6.07) is 21.2. The Balaban J connectivity index is 1.26. The van der Waals surface area contributed by atoms with Gasteiger partial charge in [0.2, 0.25) is 12.2 Å². The molecule has 15 atom stereocenters. The number of nitrogens with zero attached hydrogens (tertiary/aromatic N) is 2. The molecule has 2 aliphatic heterocycles. The van der Waals surface area contributed by atoms with Crippen molar-refractivity contribution in [3.05, 3.63) is 119 Å². The van der Waals surface area contributed by atoms with Gasteiger partial charge in [0.1, 0.15) is 48.9 Å². The molecule has 4 fully saturated rings. The van der Waals surface area contributed by atoms with E-state index >= 15 is 0 Å². The largest absolute Gasteiger partial charge is 0.508 e. The minimum absolute atomic E-state index is 0.0134. The first-order valence-corrected chi connectivity index (χ1v) is 25.7. The Morgan fingerprint density at radius 2 is 1.27 bits per heavy atom. The van der Waals surface area contributed by atoms with Crippen LogP contribution in [0, 0.1) is 11.8 Å². The fourth-order valence-corrected chi connectivity index (χ4v) is 10.1. The number of benzene rings is 3. The molecule has 0 spiro atoms. The third-order valence-electron chi connectivity index (χ3n) is 14.1. The van der Waals surface area contributed by atoms with Gasteiger partial charge in [0.15, 0.2) is 24.8 Å². The Morgan fingerprint density at radius 1 is 0.671 bits per heavy atom. The van der Waals surface area contributed by atoms with Crippen LogP contribution in [-0.4, -0.2) is 174 Å². The number of amides is 1. The first kappa shape index (κ1) is 57.8. The molecule has 424 valence electrons. The number of aliphatic hydroxyl groups excluding tert-OH is 3. The number of carboxylic acid groups (broad SMARTS) is 2. The van der Waals surface area contributed by atoms with Crippen molar-refractivity contribution in [3.63, 3.8) is 0 Å². The normalized spacial score (nSPS) is 29.5. The smallest absolute Gasteiger partial charge is 0.493 e. The summed E-state index contributed by atoms with van der Waals surface area (Å²) in [4.78, 5) is 89.0. The Hall–Kier alpha value is -7.36. The van der Waals surface area contributed by atoms with Crippen molar-refractivity contribution >= 4 is 35.9 Å². The molecular weight excluding hydrogens is 1040 g/mol. The van der Waals surface area contributed by atoms with E-state index in [1.807, 2.05) is 0 Å². The lowest BCUT2D eigenvalue weighted by atomic mass is 9.81. The van der Waals surface area contributed by atoms with Gasteiger partial charge in [-0.2, -0.15) is 9.97 Å². The van der Waals surface area contributed by atoms with E-state index in [0.717, 1.165) is 25.3 Å². The zero-order valence-corrected chi connectivity index (χ0v) is 42.5. The van der Waals surface area contributed by atoms with E-state index in [1.165, 1.54) is 55.5 Å². The van der Waals surface area contributed by atoms with Crippen molar-refractivity contribution in [3.8, 4) is 11.9 Å². The molecule has 4 aromatic rings. The SMILES string of the molecule is CC1OC(OC2C(NC(=O)c3cc(O)nc(O)n3)CC(C(=O)O)CC2OC2OC(COC(=O)c3ccccc3)C(OC(=O)c3ccccc3)C(O[C@@H](CC3CCCCC3)OC(=O)O)C2OC(=O)c2ccccc2)C(O)C(O)C1O. The number of hydrogen-bond donors (Lipinski definition) is 8. The molecule has 25 nitrogen and oxygen atoms in total. The monoisotopic (exact) mass is 1100 g/mol. The van der Waals surface area contributed by atoms with E-state index in [1.54, 1.807) is 42.5 Å². The van der Waals surface area contributed by atoms with Crippen LogP contribution < -0.4 is 5.32 Å². The van der Waals surface area contributed by atoms with Gasteiger partial charge in [0.05, 0.1) is 40.9 Å². The van der Waals surface area contributed by atoms with Crippen LogP contribution in [0.3, 0.4) is 0 Å². The summed E-state index contributed by atoms with van der Waals surface area (Å²) in [6.07, 6.45) is -21.8. The van der Waals surface area contributed by atoms with E-state index in [2.05, 4.69) is 15.3 Å². The van der Waals surface area contributed by atoms with Crippen LogP contribution in [0.5, 0.6) is 11.9 Å². The Kier molecular flexibility index (Phi) is 19.4. The highest BCUT2D eigenvalue weighted by atomic mass is 16.8. The number of carboxylic acids is 1. The topological polar surface area (TPSA) is 365 Å². The maximum Gasteiger partial charge on any atom is 0.508 e. The summed E-state index contributed by atoms with van der Waals surface area (Å²) in [7, 11) is 0. The third kappa shape index (κ3) is 14.9. The summed E-state index contributed by atoms with van der Waals surface area (Å²) in [6.45, 7) is 0.592. The minimum atomic E-state index is -2.05. The molecular formula is C54H61N3O22. The van der Waals surface area contributed by atoms with Crippen LogP contribution >= 0.6 is 0 Å². The third-order valence-corrected chi connectivity index (χ3v) is 14.1. The van der Waals surface area contributed by atoms with E-state index in [-0.39, 0.29) is 29.0 Å². The number of aliphatic carboxylic acids is 1. The Morgan fingerprint density at radius 3 is 1.85 bits per heavy atom. The van der Waals surface area contributed by atoms with Gasteiger partial charge in [-0.25, -0.2) is 19.2 Å². The number of ether oxygens (including phenoxy) is 9. The summed E-state index contributed by atoms with van der Waals surface area (Å²) < 4.78 is 55.9. The highest BCUT2D eigenvalue weighted by Crippen LogP contribution is 2.39. The molecule has 25 heteroatoms. The number of carbonyl (C=O) groups is 6. The average Bonchev–Trinajstić information content (AvgIpc) is 3.55. The highest BCUT2D eigenvalue weighted by molar-refractivity contribution is 5.93. The lowest BCUT2D eigenvalue weighted by Gasteiger charge is -2.49. The average molecular weight is 1100 g/mol. The molecule has 0 bridgehead atoms. The predicted molar refractivity (Wildman–Crippen MR) is 265 cm³/mol. The van der Waals surface area contributed by atoms with Gasteiger partial charge >= 0.3 is 36.0 Å². The van der Waals surface area contributed by atoms with E-state index in [9.17, 15) is 64.5 Å². The van der Waals surface area contributed by atoms with Crippen LogP contribution in [0.1, 0.15) is 99.9 Å². The highest BCUT2D eigenvalue weighted by Gasteiger charge is 2.56. The van der Waals surface area contributed by atoms with Crippen molar-refractivity contribution < 1.29 is 107 Å². The predicted octanol–water partition coefficient (Wildman–Crippen LogP) is 3.49. The summed E-state index contributed by atoms with van der Waals surface area (Å²) >= 11 is 0. The van der Waals surface area contributed by atoms with Gasteiger partial charge in [-0.3, -0.25) is 9.59 Å². The Labute approximate surface area is 451 Å². The molecule has 79 heavy (non-hydrogen) atoms. The van der Waals surface area contributed by atoms with Crippen molar-refractivity contribution in [2.24, 2.45) is 11.8 Å². The second kappa shape index (κ2) is 26.5. The second-order valence-electron chi connectivity index (χ2n) is 19.6. The first-order chi connectivity index (χ1) is 37.9. The van der Waals surface area contributed by atoms with Crippen LogP contribution in [0.2, 0.25) is 0 Å². The zero-order chi connectivity index (χ0) is 56.3. The van der Waals surface area contributed by atoms with Crippen LogP contribution in [-0.2, 0) is 47.4 Å². The van der Waals surface area contributed by atoms with Crippen molar-refractivity contribution in [2.45, 2.75) is 144 Å². The number of carbonyl (C=O) groups excluding carboxylic acids is 4. The number of aromatic nitrogens is 2. The maximum atomic E-state index is 14.5. The van der Waals surface area contributed by atoms with E-state index in [4.69, 9.17) is 42.6 Å². The number of esters is 3. The zero-order valence-electron chi connectivity index (χ0n) is 42.5. The molecule has 3 heterocycles. The molecule has 2 saturated heterocycles. The summed E-state index contributed by atoms with van der Waals surface area (Å²) in [5, 5.41) is 76.4. The molecule has 3 aromatic carbocycles. The summed E-state index contributed by atoms with van der Waals surface area (Å²) in [5.41, 5.74) is -0.529. The van der Waals surface area contributed by atoms with Gasteiger partial charge in [0, 0.05) is 12.5 Å². The van der Waals surface area contributed by atoms with Crippen molar-refractivity contribution in [2.75, 3.05) is 6.61 Å². The van der Waals surface area contributed by atoms with Crippen LogP contribution in [0.4, 0.5) is 4.79 Å². The van der Waals surface area contributed by atoms with Crippen LogP contribution in [0.25, 0.3) is 0 Å². The van der Waals surface area contributed by atoms with Crippen LogP contribution in [0.15, 0.2) is 97.1 Å². The molecule has 0 radical (unpaired) electrons. The molecule has 14 unspecified atom stereocenters. The number of aromatic hydroxyl groups is 2. The maximum absolute atomic E-state index is 14.5. The number of aliphatic hydroxyl groups is 3. The lowest BCUT2D eigenvalue weighted by molar-refractivity contribution is -0.351. The van der Waals surface area contributed by atoms with Crippen molar-refractivity contribution in [1.82, 2.24) is 15.3 Å². The van der Waals surface area contributed by atoms with Gasteiger partial charge in [-0.05, 0) is 62.1 Å². The van der Waals surface area contributed by atoms with Gasteiger partial charge in [-0.1, -0.05) is 86.7 Å². The van der Waals surface area contributed by atoms with Gasteiger partial charge in [0.25, 0.3) is 5.91 Å². The molecule has 8 N–H and O–H groups in total. The first-order valence-electron chi connectivity index (χ1n) is 25.7. The molecule has 2 saturated carbocycles. The fourth-order valence-electron chi connectivity index (χ4n) is 10.1. The van der Waals surface area contributed by atoms with Gasteiger partial charge in [-0.15, -0.1) is 0 Å². The minimum Gasteiger partial charge on any atom is -0.493 e. The quantitative estimate of drug-likeness (QED) is 0.0378. The number of nitrogens with one attached hydrogen (secondary N) is 1. The standard InChI is InChI=1S/C54H61N3O22/c1-27-39(59)40(60)41(61)51(72-27)79-42-33(55-46(62)34-25-37(58)57-53(68)56-34)23-32(47(63)64)24-35(42)73-52-45(78-50(67)31-20-12-5-13-21-31)44(75-38(76-54(69)70)22-28-14-6-2-7-15-28)43(77-49(66)30-18-10-4-11-19-30)36(74-52)26-71-48(65)29-16-8-3-9-17-29/h3-5,8-13,16-21,25,27-28,32-33,35-36,38-45,51-52,59-61H,2,6-7,14-15,22-24,26H2,1H3,(H,55,62)(H,63,64)(H,69,70)(H2,56,57,58,68)/t27?,32?,33?,35?,36?,38-,39?,40?,41?,42?,43?,44?,45?,51?,52?/m1/s1. The second-order valence-corrected chi connectivity index (χ2v) is 19.6. The lowest BCUT2D eigenvalue weighted by Crippen LogP contribution is -2.66. The van der Waals surface area contributed by atoms with Gasteiger partial charge < -0.3 is 83.7 Å². The van der Waals surface area contributed by atoms with E-state index < -0.39 is 165 Å². The molecule has 2 aliphatic carbocycles. The molecule has 8 rings (SSSR count). The van der Waals surface area contributed by atoms with Crippen molar-refractivity contribution in [1.29, 1.82) is 0 Å². The van der Waals surface area contributed by atoms with E-state index in [0.29, 0.717) is 12.8 Å². The molecule has 4 aliphatic rings. The Bertz CT molecular complexity index is 2700. The molecule has 1 aromatic heterocycles. The number of hydrogen-bond acceptors (Lipinski definition) is 22. The number of rotatable bonds is 19. The fraction of sp³-hybridized carbons (Fsp3) is 0.481.